The lowest BCUT2D eigenvalue weighted by atomic mass is 9.79. The summed E-state index contributed by atoms with van der Waals surface area (Å²) in [7, 11) is 0. The van der Waals surface area contributed by atoms with Gasteiger partial charge >= 0.3 is 0 Å². The maximum atomic E-state index is 3.52. The Morgan fingerprint density at radius 3 is 2.05 bits per heavy atom. The third-order valence-corrected chi connectivity index (χ3v) is 4.70. The summed E-state index contributed by atoms with van der Waals surface area (Å²) in [5, 5.41) is 3.52. The van der Waals surface area contributed by atoms with E-state index in [1.807, 2.05) is 0 Å². The van der Waals surface area contributed by atoms with Crippen molar-refractivity contribution < 1.29 is 0 Å². The Balaban J connectivity index is 0.000001000. The third kappa shape index (κ3) is 3.48. The highest BCUT2D eigenvalue weighted by Crippen LogP contribution is 2.38. The van der Waals surface area contributed by atoms with Crippen molar-refractivity contribution in [2.45, 2.75) is 37.6 Å². The van der Waals surface area contributed by atoms with Crippen molar-refractivity contribution in [3.63, 3.8) is 0 Å². The Bertz CT molecular complexity index is 371. The molecule has 0 bridgehead atoms. The molecule has 2 fully saturated rings. The number of rotatable bonds is 2. The molecule has 4 heteroatoms. The third-order valence-electron chi connectivity index (χ3n) is 4.70. The van der Waals surface area contributed by atoms with Gasteiger partial charge in [-0.3, -0.25) is 4.90 Å². The van der Waals surface area contributed by atoms with Crippen molar-refractivity contribution in [2.24, 2.45) is 0 Å². The fourth-order valence-corrected chi connectivity index (χ4v) is 3.70. The lowest BCUT2D eigenvalue weighted by Gasteiger charge is -2.48. The van der Waals surface area contributed by atoms with Crippen molar-refractivity contribution in [1.82, 2.24) is 10.2 Å². The maximum Gasteiger partial charge on any atom is 0.0484 e. The van der Waals surface area contributed by atoms with E-state index in [4.69, 9.17) is 0 Å². The van der Waals surface area contributed by atoms with Gasteiger partial charge in [0.25, 0.3) is 0 Å². The van der Waals surface area contributed by atoms with Crippen molar-refractivity contribution in [3.8, 4) is 0 Å². The molecule has 0 saturated carbocycles. The van der Waals surface area contributed by atoms with Crippen LogP contribution in [-0.4, -0.2) is 31.1 Å². The van der Waals surface area contributed by atoms with Crippen LogP contribution in [-0.2, 0) is 5.54 Å². The second-order valence-electron chi connectivity index (χ2n) is 5.70. The first-order valence-corrected chi connectivity index (χ1v) is 7.43. The average molecular weight is 317 g/mol. The highest BCUT2D eigenvalue weighted by atomic mass is 35.5. The summed E-state index contributed by atoms with van der Waals surface area (Å²) in [6.07, 6.45) is 6.69. The van der Waals surface area contributed by atoms with E-state index in [0.717, 1.165) is 13.1 Å². The number of benzene rings is 1. The summed E-state index contributed by atoms with van der Waals surface area (Å²) in [4.78, 5) is 2.77. The van der Waals surface area contributed by atoms with Gasteiger partial charge in [-0.15, -0.1) is 24.8 Å². The highest BCUT2D eigenvalue weighted by Gasteiger charge is 2.39. The van der Waals surface area contributed by atoms with Gasteiger partial charge in [0.1, 0.15) is 0 Å². The average Bonchev–Trinajstić information content (AvgIpc) is 2.50. The number of hydrogen-bond acceptors (Lipinski definition) is 2. The molecule has 0 amide bonds. The standard InChI is InChI=1S/C16H24N2.2ClH/c1-3-7-15(8-4-1)16(9-11-17-12-10-16)18-13-5-2-6-14-18;;/h1,3-4,7-8,17H,2,5-6,9-14H2;2*1H. The predicted molar refractivity (Wildman–Crippen MR) is 90.1 cm³/mol. The Kier molecular flexibility index (Phi) is 7.32. The van der Waals surface area contributed by atoms with Crippen LogP contribution in [0.5, 0.6) is 0 Å². The minimum absolute atomic E-state index is 0. The van der Waals surface area contributed by atoms with E-state index in [-0.39, 0.29) is 24.8 Å². The molecule has 2 heterocycles. The summed E-state index contributed by atoms with van der Waals surface area (Å²) in [6.45, 7) is 4.89. The molecular formula is C16H26Cl2N2. The molecule has 2 aliphatic rings. The van der Waals surface area contributed by atoms with Gasteiger partial charge < -0.3 is 5.32 Å². The molecule has 0 aromatic heterocycles. The van der Waals surface area contributed by atoms with Crippen molar-refractivity contribution >= 4 is 24.8 Å². The summed E-state index contributed by atoms with van der Waals surface area (Å²) in [6, 6.07) is 11.2. The molecule has 2 nitrogen and oxygen atoms in total. The van der Waals surface area contributed by atoms with Gasteiger partial charge in [0.15, 0.2) is 0 Å². The predicted octanol–water partition coefficient (Wildman–Crippen LogP) is 3.59. The zero-order valence-corrected chi connectivity index (χ0v) is 13.6. The van der Waals surface area contributed by atoms with Crippen LogP contribution in [0.2, 0.25) is 0 Å². The molecule has 2 aliphatic heterocycles. The van der Waals surface area contributed by atoms with Gasteiger partial charge in [0, 0.05) is 5.54 Å². The van der Waals surface area contributed by atoms with Crippen LogP contribution in [0.25, 0.3) is 0 Å². The molecule has 0 aliphatic carbocycles. The zero-order chi connectivity index (χ0) is 12.3. The fourth-order valence-electron chi connectivity index (χ4n) is 3.70. The minimum Gasteiger partial charge on any atom is -0.317 e. The summed E-state index contributed by atoms with van der Waals surface area (Å²) in [5.41, 5.74) is 1.85. The molecule has 3 rings (SSSR count). The molecule has 0 atom stereocenters. The summed E-state index contributed by atoms with van der Waals surface area (Å²) < 4.78 is 0. The summed E-state index contributed by atoms with van der Waals surface area (Å²) in [5.74, 6) is 0. The van der Waals surface area contributed by atoms with Crippen molar-refractivity contribution in [2.75, 3.05) is 26.2 Å². The van der Waals surface area contributed by atoms with Crippen LogP contribution in [0.4, 0.5) is 0 Å². The Hall–Kier alpha value is -0.280. The molecule has 1 N–H and O–H groups in total. The first kappa shape index (κ1) is 17.8. The number of hydrogen-bond donors (Lipinski definition) is 1. The largest absolute Gasteiger partial charge is 0.317 e. The van der Waals surface area contributed by atoms with Gasteiger partial charge in [-0.2, -0.15) is 0 Å². The van der Waals surface area contributed by atoms with Crippen LogP contribution in [0.3, 0.4) is 0 Å². The van der Waals surface area contributed by atoms with E-state index in [1.54, 1.807) is 0 Å². The molecule has 0 unspecified atom stereocenters. The van der Waals surface area contributed by atoms with Gasteiger partial charge in [-0.25, -0.2) is 0 Å². The molecule has 20 heavy (non-hydrogen) atoms. The molecule has 114 valence electrons. The van der Waals surface area contributed by atoms with Gasteiger partial charge in [0.05, 0.1) is 0 Å². The lowest BCUT2D eigenvalue weighted by Crippen LogP contribution is -2.53. The van der Waals surface area contributed by atoms with Crippen LogP contribution in [0.1, 0.15) is 37.7 Å². The summed E-state index contributed by atoms with van der Waals surface area (Å²) >= 11 is 0. The van der Waals surface area contributed by atoms with Gasteiger partial charge in [-0.05, 0) is 57.4 Å². The van der Waals surface area contributed by atoms with Gasteiger partial charge in [0.2, 0.25) is 0 Å². The first-order chi connectivity index (χ1) is 8.92. The monoisotopic (exact) mass is 316 g/mol. The van der Waals surface area contributed by atoms with Gasteiger partial charge in [-0.1, -0.05) is 36.8 Å². The Morgan fingerprint density at radius 2 is 1.45 bits per heavy atom. The van der Waals surface area contributed by atoms with Crippen molar-refractivity contribution in [3.05, 3.63) is 35.9 Å². The fraction of sp³-hybridized carbons (Fsp3) is 0.625. The maximum absolute atomic E-state index is 3.52. The van der Waals surface area contributed by atoms with E-state index in [2.05, 4.69) is 40.5 Å². The Labute approximate surface area is 135 Å². The Morgan fingerprint density at radius 1 is 0.850 bits per heavy atom. The topological polar surface area (TPSA) is 15.3 Å². The molecule has 2 saturated heterocycles. The van der Waals surface area contributed by atoms with E-state index in [9.17, 15) is 0 Å². The minimum atomic E-state index is 0. The number of nitrogens with zero attached hydrogens (tertiary/aromatic N) is 1. The number of piperidine rings is 2. The molecular weight excluding hydrogens is 291 g/mol. The van der Waals surface area contributed by atoms with Crippen LogP contribution in [0, 0.1) is 0 Å². The molecule has 0 radical (unpaired) electrons. The smallest absolute Gasteiger partial charge is 0.0484 e. The molecule has 0 spiro atoms. The van der Waals surface area contributed by atoms with E-state index in [1.165, 1.54) is 50.8 Å². The van der Waals surface area contributed by atoms with E-state index >= 15 is 0 Å². The van der Waals surface area contributed by atoms with E-state index < -0.39 is 0 Å². The second kappa shape index (κ2) is 8.23. The van der Waals surface area contributed by atoms with E-state index in [0.29, 0.717) is 5.54 Å². The quantitative estimate of drug-likeness (QED) is 0.897. The van der Waals surface area contributed by atoms with Crippen LogP contribution >= 0.6 is 24.8 Å². The normalized spacial score (nSPS) is 22.4. The van der Waals surface area contributed by atoms with Crippen LogP contribution in [0.15, 0.2) is 30.3 Å². The molecule has 1 aromatic carbocycles. The molecule has 1 aromatic rings. The van der Waals surface area contributed by atoms with Crippen molar-refractivity contribution in [1.29, 1.82) is 0 Å². The SMILES string of the molecule is Cl.Cl.c1ccc(C2(N3CCCCC3)CCNCC2)cc1. The highest BCUT2D eigenvalue weighted by molar-refractivity contribution is 5.85. The first-order valence-electron chi connectivity index (χ1n) is 7.43. The van der Waals surface area contributed by atoms with Crippen LogP contribution < -0.4 is 5.32 Å². The lowest BCUT2D eigenvalue weighted by molar-refractivity contribution is 0.0360. The second-order valence-corrected chi connectivity index (χ2v) is 5.70. The number of likely N-dealkylation sites (tertiary alicyclic amines) is 1. The number of halogens is 2. The number of nitrogens with one attached hydrogen (secondary N) is 1. The zero-order valence-electron chi connectivity index (χ0n) is 12.0.